The molecule has 0 bridgehead atoms. The molecule has 1 aromatic heterocycles. The van der Waals surface area contributed by atoms with Gasteiger partial charge in [0.05, 0.1) is 10.9 Å². The number of rotatable bonds is 7. The fraction of sp³-hybridized carbons (Fsp3) is 0.167. The molecule has 0 aliphatic rings. The molecule has 1 amide bonds. The van der Waals surface area contributed by atoms with E-state index in [2.05, 4.69) is 20.3 Å². The van der Waals surface area contributed by atoms with Gasteiger partial charge in [-0.05, 0) is 19.1 Å². The standard InChI is InChI=1S/C18H17F2N5O2S/c1-11(16(26)22-13-9-5-6-10-14(13)27-17(19)20)28-18-24-23-15(25(18)21)12-7-3-2-4-8-12/h2-11,17H,21H2,1H3,(H,22,26). The van der Waals surface area contributed by atoms with Gasteiger partial charge in [0, 0.05) is 5.56 Å². The highest BCUT2D eigenvalue weighted by Gasteiger charge is 2.21. The van der Waals surface area contributed by atoms with Gasteiger partial charge in [-0.15, -0.1) is 10.2 Å². The van der Waals surface area contributed by atoms with Gasteiger partial charge in [0.2, 0.25) is 11.1 Å². The summed E-state index contributed by atoms with van der Waals surface area (Å²) in [6.07, 6.45) is 0. The highest BCUT2D eigenvalue weighted by molar-refractivity contribution is 8.00. The number of benzene rings is 2. The Bertz CT molecular complexity index is 952. The summed E-state index contributed by atoms with van der Waals surface area (Å²) in [4.78, 5) is 12.5. The van der Waals surface area contributed by atoms with Gasteiger partial charge in [-0.1, -0.05) is 54.2 Å². The van der Waals surface area contributed by atoms with Gasteiger partial charge < -0.3 is 15.9 Å². The summed E-state index contributed by atoms with van der Waals surface area (Å²) >= 11 is 1.10. The fourth-order valence-electron chi connectivity index (χ4n) is 2.36. The van der Waals surface area contributed by atoms with E-state index in [-0.39, 0.29) is 11.4 Å². The summed E-state index contributed by atoms with van der Waals surface area (Å²) in [6.45, 7) is -1.34. The molecule has 0 fully saturated rings. The van der Waals surface area contributed by atoms with E-state index in [0.29, 0.717) is 11.0 Å². The number of nitrogen functional groups attached to an aromatic ring is 1. The number of carbonyl (C=O) groups excluding carboxylic acids is 1. The number of amides is 1. The number of nitrogens with zero attached hydrogens (tertiary/aromatic N) is 3. The summed E-state index contributed by atoms with van der Waals surface area (Å²) in [7, 11) is 0. The molecule has 1 heterocycles. The van der Waals surface area contributed by atoms with Crippen molar-refractivity contribution in [2.45, 2.75) is 23.9 Å². The summed E-state index contributed by atoms with van der Waals surface area (Å²) in [5, 5.41) is 10.4. The summed E-state index contributed by atoms with van der Waals surface area (Å²) in [5.74, 6) is 5.98. The molecule has 0 spiro atoms. The molecule has 1 unspecified atom stereocenters. The average molecular weight is 405 g/mol. The highest BCUT2D eigenvalue weighted by atomic mass is 32.2. The Morgan fingerprint density at radius 3 is 2.54 bits per heavy atom. The monoisotopic (exact) mass is 405 g/mol. The molecule has 0 saturated heterocycles. The summed E-state index contributed by atoms with van der Waals surface area (Å²) in [5.41, 5.74) is 0.943. The van der Waals surface area contributed by atoms with Crippen molar-refractivity contribution in [3.63, 3.8) is 0 Å². The van der Waals surface area contributed by atoms with E-state index in [1.165, 1.54) is 22.9 Å². The van der Waals surface area contributed by atoms with Crippen molar-refractivity contribution in [3.8, 4) is 17.1 Å². The number of para-hydroxylation sites is 2. The first-order valence-corrected chi connectivity index (χ1v) is 9.11. The first kappa shape index (κ1) is 19.6. The number of alkyl halides is 2. The molecule has 28 heavy (non-hydrogen) atoms. The molecular formula is C18H17F2N5O2S. The second-order valence-electron chi connectivity index (χ2n) is 5.67. The molecule has 0 aliphatic carbocycles. The molecule has 3 rings (SSSR count). The third kappa shape index (κ3) is 4.58. The predicted octanol–water partition coefficient (Wildman–Crippen LogP) is 3.38. The van der Waals surface area contributed by atoms with Gasteiger partial charge >= 0.3 is 6.61 Å². The molecule has 0 radical (unpaired) electrons. The molecular weight excluding hydrogens is 388 g/mol. The summed E-state index contributed by atoms with van der Waals surface area (Å²) < 4.78 is 30.7. The van der Waals surface area contributed by atoms with E-state index in [9.17, 15) is 13.6 Å². The maximum Gasteiger partial charge on any atom is 0.387 e. The lowest BCUT2D eigenvalue weighted by Gasteiger charge is -2.14. The van der Waals surface area contributed by atoms with Gasteiger partial charge in [0.25, 0.3) is 0 Å². The first-order chi connectivity index (χ1) is 13.5. The molecule has 0 aliphatic heterocycles. The first-order valence-electron chi connectivity index (χ1n) is 8.23. The Morgan fingerprint density at radius 1 is 1.14 bits per heavy atom. The number of halogens is 2. The van der Waals surface area contributed by atoms with Crippen LogP contribution < -0.4 is 15.9 Å². The van der Waals surface area contributed by atoms with Crippen LogP contribution in [0, 0.1) is 0 Å². The molecule has 146 valence electrons. The van der Waals surface area contributed by atoms with Gasteiger partial charge in [-0.2, -0.15) is 8.78 Å². The number of carbonyl (C=O) groups is 1. The van der Waals surface area contributed by atoms with Crippen LogP contribution >= 0.6 is 11.8 Å². The lowest BCUT2D eigenvalue weighted by molar-refractivity contribution is -0.115. The summed E-state index contributed by atoms with van der Waals surface area (Å²) in [6, 6.07) is 15.2. The van der Waals surface area contributed by atoms with Crippen LogP contribution in [0.5, 0.6) is 5.75 Å². The van der Waals surface area contributed by atoms with E-state index >= 15 is 0 Å². The maximum absolute atomic E-state index is 12.5. The lowest BCUT2D eigenvalue weighted by Crippen LogP contribution is -2.24. The largest absolute Gasteiger partial charge is 0.433 e. The minimum atomic E-state index is -2.99. The number of anilines is 1. The van der Waals surface area contributed by atoms with Crippen LogP contribution in [0.3, 0.4) is 0 Å². The van der Waals surface area contributed by atoms with Gasteiger partial charge in [0.15, 0.2) is 5.82 Å². The van der Waals surface area contributed by atoms with Crippen LogP contribution in [0.4, 0.5) is 14.5 Å². The Morgan fingerprint density at radius 2 is 1.82 bits per heavy atom. The van der Waals surface area contributed by atoms with E-state index in [1.807, 2.05) is 30.3 Å². The van der Waals surface area contributed by atoms with Gasteiger partial charge in [0.1, 0.15) is 5.75 Å². The van der Waals surface area contributed by atoms with E-state index in [0.717, 1.165) is 17.3 Å². The van der Waals surface area contributed by atoms with Crippen LogP contribution in [-0.2, 0) is 4.79 Å². The second-order valence-corrected chi connectivity index (χ2v) is 6.97. The van der Waals surface area contributed by atoms with Crippen molar-refractivity contribution in [1.29, 1.82) is 0 Å². The zero-order valence-electron chi connectivity index (χ0n) is 14.8. The zero-order valence-corrected chi connectivity index (χ0v) is 15.6. The molecule has 1 atom stereocenters. The molecule has 2 aromatic carbocycles. The molecule has 3 aromatic rings. The van der Waals surface area contributed by atoms with Gasteiger partial charge in [-0.3, -0.25) is 4.79 Å². The minimum absolute atomic E-state index is 0.114. The van der Waals surface area contributed by atoms with Crippen LogP contribution in [0.15, 0.2) is 59.8 Å². The lowest BCUT2D eigenvalue weighted by atomic mass is 10.2. The number of nitrogens with two attached hydrogens (primary N) is 1. The number of hydrogen-bond acceptors (Lipinski definition) is 6. The topological polar surface area (TPSA) is 95.1 Å². The quantitative estimate of drug-likeness (QED) is 0.462. The average Bonchev–Trinajstić information content (AvgIpc) is 3.04. The number of ether oxygens (including phenoxy) is 1. The normalized spacial score (nSPS) is 12.0. The second kappa shape index (κ2) is 8.70. The van der Waals surface area contributed by atoms with Crippen molar-refractivity contribution in [1.82, 2.24) is 14.9 Å². The molecule has 10 heteroatoms. The van der Waals surface area contributed by atoms with Crippen LogP contribution in [0.1, 0.15) is 6.92 Å². The molecule has 0 saturated carbocycles. The number of nitrogens with one attached hydrogen (secondary N) is 1. The van der Waals surface area contributed by atoms with E-state index in [4.69, 9.17) is 5.84 Å². The fourth-order valence-corrected chi connectivity index (χ4v) is 3.13. The number of thioether (sulfide) groups is 1. The van der Waals surface area contributed by atoms with Crippen LogP contribution in [0.25, 0.3) is 11.4 Å². The molecule has 3 N–H and O–H groups in total. The van der Waals surface area contributed by atoms with Crippen molar-refractivity contribution >= 4 is 23.4 Å². The number of hydrogen-bond donors (Lipinski definition) is 2. The predicted molar refractivity (Wildman–Crippen MR) is 103 cm³/mol. The van der Waals surface area contributed by atoms with Crippen LogP contribution in [-0.4, -0.2) is 32.6 Å². The minimum Gasteiger partial charge on any atom is -0.433 e. The maximum atomic E-state index is 12.5. The third-order valence-electron chi connectivity index (χ3n) is 3.71. The Hall–Kier alpha value is -3.14. The van der Waals surface area contributed by atoms with E-state index < -0.39 is 17.8 Å². The third-order valence-corrected chi connectivity index (χ3v) is 4.77. The van der Waals surface area contributed by atoms with Crippen molar-refractivity contribution in [2.24, 2.45) is 0 Å². The number of aromatic nitrogens is 3. The Labute approximate surface area is 163 Å². The SMILES string of the molecule is CC(Sc1nnc(-c2ccccc2)n1N)C(=O)Nc1ccccc1OC(F)F. The zero-order chi connectivity index (χ0) is 20.1. The molecule has 7 nitrogen and oxygen atoms in total. The smallest absolute Gasteiger partial charge is 0.387 e. The van der Waals surface area contributed by atoms with E-state index in [1.54, 1.807) is 13.0 Å². The Kier molecular flexibility index (Phi) is 6.09. The van der Waals surface area contributed by atoms with Crippen molar-refractivity contribution < 1.29 is 18.3 Å². The van der Waals surface area contributed by atoms with Crippen LogP contribution in [0.2, 0.25) is 0 Å². The van der Waals surface area contributed by atoms with Crippen molar-refractivity contribution in [3.05, 3.63) is 54.6 Å². The van der Waals surface area contributed by atoms with Crippen molar-refractivity contribution in [2.75, 3.05) is 11.2 Å². The van der Waals surface area contributed by atoms with Gasteiger partial charge in [-0.25, -0.2) is 4.68 Å². The highest BCUT2D eigenvalue weighted by Crippen LogP contribution is 2.28. The Balaban J connectivity index is 1.70.